The molecule has 0 radical (unpaired) electrons. The number of hydrogen-bond donors (Lipinski definition) is 0. The predicted octanol–water partition coefficient (Wildman–Crippen LogP) is 3.90. The summed E-state index contributed by atoms with van der Waals surface area (Å²) in [6, 6.07) is 0. The van der Waals surface area contributed by atoms with E-state index in [0.29, 0.717) is 0 Å². The number of unbranched alkanes of at least 4 members (excludes halogenated alkanes) is 2. The summed E-state index contributed by atoms with van der Waals surface area (Å²) < 4.78 is 0. The third-order valence-electron chi connectivity index (χ3n) is 2.30. The van der Waals surface area contributed by atoms with Crippen LogP contribution in [-0.2, 0) is 0 Å². The van der Waals surface area contributed by atoms with Gasteiger partial charge in [0, 0.05) is 30.9 Å². The van der Waals surface area contributed by atoms with Crippen LogP contribution in [0.15, 0.2) is 9.98 Å². The molecular formula is C13H26N2. The summed E-state index contributed by atoms with van der Waals surface area (Å²) in [6.07, 6.45) is 5.79. The molecule has 0 rings (SSSR count). The van der Waals surface area contributed by atoms with Crippen LogP contribution in [0, 0.1) is 0 Å². The Morgan fingerprint density at radius 2 is 1.20 bits per heavy atom. The Morgan fingerprint density at radius 1 is 0.800 bits per heavy atom. The van der Waals surface area contributed by atoms with Gasteiger partial charge in [-0.25, -0.2) is 0 Å². The Kier molecular flexibility index (Phi) is 9.44. The van der Waals surface area contributed by atoms with Crippen LogP contribution in [0.4, 0.5) is 0 Å². The molecule has 0 aromatic heterocycles. The molecule has 2 heteroatoms. The highest BCUT2D eigenvalue weighted by molar-refractivity contribution is 6.02. The van der Waals surface area contributed by atoms with Crippen LogP contribution in [0.3, 0.4) is 0 Å². The molecule has 0 fully saturated rings. The molecule has 88 valence electrons. The van der Waals surface area contributed by atoms with Gasteiger partial charge in [-0.05, 0) is 26.7 Å². The molecule has 0 aromatic carbocycles. The van der Waals surface area contributed by atoms with Crippen molar-refractivity contribution < 1.29 is 0 Å². The minimum absolute atomic E-state index is 0.952. The molecule has 0 aromatic rings. The summed E-state index contributed by atoms with van der Waals surface area (Å²) in [6.45, 7) is 10.6. The van der Waals surface area contributed by atoms with Gasteiger partial charge < -0.3 is 0 Å². The lowest BCUT2D eigenvalue weighted by molar-refractivity contribution is 0.803. The van der Waals surface area contributed by atoms with Crippen molar-refractivity contribution in [3.63, 3.8) is 0 Å². The molecule has 0 aliphatic carbocycles. The van der Waals surface area contributed by atoms with Crippen molar-refractivity contribution in [2.75, 3.05) is 13.1 Å². The molecule has 0 bridgehead atoms. The highest BCUT2D eigenvalue weighted by Crippen LogP contribution is 1.96. The summed E-state index contributed by atoms with van der Waals surface area (Å²) in [7, 11) is 0. The number of hydrogen-bond acceptors (Lipinski definition) is 2. The second kappa shape index (κ2) is 9.88. The highest BCUT2D eigenvalue weighted by Gasteiger charge is 1.95. The fourth-order valence-corrected chi connectivity index (χ4v) is 1.34. The third kappa shape index (κ3) is 9.64. The molecule has 0 heterocycles. The van der Waals surface area contributed by atoms with E-state index in [9.17, 15) is 0 Å². The van der Waals surface area contributed by atoms with Gasteiger partial charge in [-0.1, -0.05) is 26.7 Å². The molecular weight excluding hydrogens is 184 g/mol. The van der Waals surface area contributed by atoms with Crippen molar-refractivity contribution in [2.24, 2.45) is 9.98 Å². The summed E-state index contributed by atoms with van der Waals surface area (Å²) in [5.74, 6) is 0. The molecule has 0 N–H and O–H groups in total. The number of nitrogens with zero attached hydrogens (tertiary/aromatic N) is 2. The van der Waals surface area contributed by atoms with Crippen LogP contribution in [0.2, 0.25) is 0 Å². The standard InChI is InChI=1S/C13H26N2/c1-5-7-9-14-12(3)11-13(4)15-10-8-6-2/h5-11H2,1-4H3/b14-12+,15-13+. The van der Waals surface area contributed by atoms with Crippen LogP contribution in [0.1, 0.15) is 59.8 Å². The highest BCUT2D eigenvalue weighted by atomic mass is 14.8. The Labute approximate surface area is 94.9 Å². The van der Waals surface area contributed by atoms with Gasteiger partial charge in [-0.3, -0.25) is 9.98 Å². The van der Waals surface area contributed by atoms with E-state index in [1.165, 1.54) is 37.1 Å². The van der Waals surface area contributed by atoms with Crippen LogP contribution < -0.4 is 0 Å². The first-order valence-electron chi connectivity index (χ1n) is 6.20. The maximum Gasteiger partial charge on any atom is 0.0388 e. The monoisotopic (exact) mass is 210 g/mol. The number of rotatable bonds is 8. The molecule has 0 aliphatic rings. The van der Waals surface area contributed by atoms with Gasteiger partial charge in [0.15, 0.2) is 0 Å². The molecule has 15 heavy (non-hydrogen) atoms. The molecule has 0 amide bonds. The maximum absolute atomic E-state index is 4.52. The van der Waals surface area contributed by atoms with E-state index in [2.05, 4.69) is 37.7 Å². The van der Waals surface area contributed by atoms with Crippen molar-refractivity contribution >= 4 is 11.4 Å². The Morgan fingerprint density at radius 3 is 1.53 bits per heavy atom. The second-order valence-electron chi connectivity index (χ2n) is 4.12. The minimum Gasteiger partial charge on any atom is -0.294 e. The zero-order chi connectivity index (χ0) is 11.5. The first-order valence-corrected chi connectivity index (χ1v) is 6.20. The SMILES string of the molecule is CCCC/N=C(\C)C/C(C)=N/CCCC. The summed E-state index contributed by atoms with van der Waals surface area (Å²) in [5.41, 5.74) is 2.45. The Balaban J connectivity index is 3.78. The normalized spacial score (nSPS) is 13.3. The van der Waals surface area contributed by atoms with E-state index in [4.69, 9.17) is 0 Å². The molecule has 0 aliphatic heterocycles. The van der Waals surface area contributed by atoms with Gasteiger partial charge in [-0.2, -0.15) is 0 Å². The van der Waals surface area contributed by atoms with Gasteiger partial charge in [0.2, 0.25) is 0 Å². The van der Waals surface area contributed by atoms with Crippen molar-refractivity contribution in [3.8, 4) is 0 Å². The predicted molar refractivity (Wildman–Crippen MR) is 70.4 cm³/mol. The van der Waals surface area contributed by atoms with Gasteiger partial charge in [0.25, 0.3) is 0 Å². The van der Waals surface area contributed by atoms with E-state index in [-0.39, 0.29) is 0 Å². The maximum atomic E-state index is 4.52. The van der Waals surface area contributed by atoms with Crippen LogP contribution in [0.25, 0.3) is 0 Å². The van der Waals surface area contributed by atoms with Crippen LogP contribution in [-0.4, -0.2) is 24.5 Å². The zero-order valence-electron chi connectivity index (χ0n) is 10.8. The van der Waals surface area contributed by atoms with E-state index in [1.54, 1.807) is 0 Å². The van der Waals surface area contributed by atoms with E-state index in [1.807, 2.05) is 0 Å². The molecule has 0 atom stereocenters. The first kappa shape index (κ1) is 14.3. The van der Waals surface area contributed by atoms with Gasteiger partial charge in [-0.15, -0.1) is 0 Å². The first-order chi connectivity index (χ1) is 7.20. The molecule has 2 nitrogen and oxygen atoms in total. The largest absolute Gasteiger partial charge is 0.294 e. The lowest BCUT2D eigenvalue weighted by atomic mass is 10.2. The summed E-state index contributed by atoms with van der Waals surface area (Å²) in [4.78, 5) is 9.04. The van der Waals surface area contributed by atoms with E-state index < -0.39 is 0 Å². The fourth-order valence-electron chi connectivity index (χ4n) is 1.34. The topological polar surface area (TPSA) is 24.7 Å². The van der Waals surface area contributed by atoms with Gasteiger partial charge >= 0.3 is 0 Å². The van der Waals surface area contributed by atoms with Crippen LogP contribution >= 0.6 is 0 Å². The zero-order valence-corrected chi connectivity index (χ0v) is 10.8. The summed E-state index contributed by atoms with van der Waals surface area (Å²) in [5, 5.41) is 0. The van der Waals surface area contributed by atoms with Crippen molar-refractivity contribution in [2.45, 2.75) is 59.8 Å². The average Bonchev–Trinajstić information content (AvgIpc) is 2.18. The van der Waals surface area contributed by atoms with Gasteiger partial charge in [0.05, 0.1) is 0 Å². The molecule has 0 saturated carbocycles. The van der Waals surface area contributed by atoms with Gasteiger partial charge in [0.1, 0.15) is 0 Å². The lowest BCUT2D eigenvalue weighted by Gasteiger charge is -2.01. The molecule has 0 unspecified atom stereocenters. The Hall–Kier alpha value is -0.660. The fraction of sp³-hybridized carbons (Fsp3) is 0.846. The quantitative estimate of drug-likeness (QED) is 0.429. The Bertz CT molecular complexity index is 183. The molecule has 0 saturated heterocycles. The number of aliphatic imine (C=N–C) groups is 2. The second-order valence-corrected chi connectivity index (χ2v) is 4.12. The van der Waals surface area contributed by atoms with Crippen molar-refractivity contribution in [3.05, 3.63) is 0 Å². The van der Waals surface area contributed by atoms with E-state index in [0.717, 1.165) is 19.5 Å². The van der Waals surface area contributed by atoms with Crippen LogP contribution in [0.5, 0.6) is 0 Å². The average molecular weight is 210 g/mol. The van der Waals surface area contributed by atoms with E-state index >= 15 is 0 Å². The third-order valence-corrected chi connectivity index (χ3v) is 2.30. The molecule has 0 spiro atoms. The smallest absolute Gasteiger partial charge is 0.0388 e. The summed E-state index contributed by atoms with van der Waals surface area (Å²) >= 11 is 0. The minimum atomic E-state index is 0.952. The van der Waals surface area contributed by atoms with Crippen molar-refractivity contribution in [1.82, 2.24) is 0 Å². The lowest BCUT2D eigenvalue weighted by Crippen LogP contribution is -2.02. The van der Waals surface area contributed by atoms with Crippen molar-refractivity contribution in [1.29, 1.82) is 0 Å².